The van der Waals surface area contributed by atoms with Crippen molar-refractivity contribution in [2.24, 2.45) is 5.73 Å². The zero-order valence-corrected chi connectivity index (χ0v) is 17.1. The molecule has 3 rings (SSSR count). The second kappa shape index (κ2) is 10.5. The molecule has 1 aromatic carbocycles. The minimum atomic E-state index is -0.550. The van der Waals surface area contributed by atoms with Gasteiger partial charge in [-0.3, -0.25) is 19.9 Å². The van der Waals surface area contributed by atoms with Gasteiger partial charge in [-0.15, -0.1) is 0 Å². The number of rotatable bonds is 10. The van der Waals surface area contributed by atoms with Crippen LogP contribution in [0.5, 0.6) is 0 Å². The van der Waals surface area contributed by atoms with Gasteiger partial charge in [-0.1, -0.05) is 38.0 Å². The molecule has 30 heavy (non-hydrogen) atoms. The average molecular weight is 406 g/mol. The van der Waals surface area contributed by atoms with Crippen LogP contribution in [0, 0.1) is 0 Å². The molecule has 4 N–H and O–H groups in total. The first-order valence-electron chi connectivity index (χ1n) is 10.2. The first-order valence-corrected chi connectivity index (χ1v) is 10.2. The Labute approximate surface area is 176 Å². The summed E-state index contributed by atoms with van der Waals surface area (Å²) >= 11 is 0. The summed E-state index contributed by atoms with van der Waals surface area (Å²) in [5.41, 5.74) is 7.91. The molecule has 0 aliphatic rings. The molecule has 0 saturated heterocycles. The number of primary amides is 1. The van der Waals surface area contributed by atoms with E-state index in [2.05, 4.69) is 27.5 Å². The molecule has 0 radical (unpaired) electrons. The number of fused-ring (bicyclic) bond motifs is 1. The van der Waals surface area contributed by atoms with Gasteiger partial charge in [0.1, 0.15) is 11.7 Å². The first kappa shape index (κ1) is 21.4. The lowest BCUT2D eigenvalue weighted by Crippen LogP contribution is -2.38. The van der Waals surface area contributed by atoms with Crippen LogP contribution in [0.25, 0.3) is 10.9 Å². The van der Waals surface area contributed by atoms with Crippen molar-refractivity contribution in [2.45, 2.75) is 38.8 Å². The number of hydrogen-bond donors (Lipinski definition) is 3. The van der Waals surface area contributed by atoms with Gasteiger partial charge in [-0.05, 0) is 42.3 Å². The molecule has 2 amide bonds. The third-order valence-electron chi connectivity index (χ3n) is 4.84. The molecule has 3 aromatic rings. The highest BCUT2D eigenvalue weighted by Crippen LogP contribution is 2.17. The van der Waals surface area contributed by atoms with Crippen molar-refractivity contribution in [1.82, 2.24) is 20.6 Å². The van der Waals surface area contributed by atoms with Gasteiger partial charge in [-0.25, -0.2) is 4.98 Å². The number of nitrogens with zero attached hydrogens (tertiary/aromatic N) is 2. The van der Waals surface area contributed by atoms with Crippen LogP contribution in [0.15, 0.2) is 54.7 Å². The van der Waals surface area contributed by atoms with Crippen molar-refractivity contribution in [3.05, 3.63) is 71.7 Å². The number of unbranched alkanes of at least 4 members (excludes halogenated alkanes) is 2. The van der Waals surface area contributed by atoms with E-state index in [0.29, 0.717) is 24.3 Å². The molecule has 7 heteroatoms. The number of benzene rings is 1. The lowest BCUT2D eigenvalue weighted by molar-refractivity contribution is -0.123. The molecule has 156 valence electrons. The van der Waals surface area contributed by atoms with Crippen LogP contribution < -0.4 is 16.4 Å². The van der Waals surface area contributed by atoms with Crippen molar-refractivity contribution in [1.29, 1.82) is 0 Å². The van der Waals surface area contributed by atoms with E-state index >= 15 is 0 Å². The Morgan fingerprint density at radius 2 is 1.97 bits per heavy atom. The fraction of sp³-hybridized carbons (Fsp3) is 0.304. The Kier molecular flexibility index (Phi) is 7.45. The summed E-state index contributed by atoms with van der Waals surface area (Å²) in [6, 6.07) is 14.2. The fourth-order valence-electron chi connectivity index (χ4n) is 3.21. The second-order valence-electron chi connectivity index (χ2n) is 7.15. The van der Waals surface area contributed by atoms with E-state index in [-0.39, 0.29) is 11.6 Å². The number of nitrogens with one attached hydrogen (secondary N) is 2. The largest absolute Gasteiger partial charge is 0.364 e. The maximum absolute atomic E-state index is 12.8. The third kappa shape index (κ3) is 5.61. The maximum Gasteiger partial charge on any atom is 0.267 e. The van der Waals surface area contributed by atoms with Crippen LogP contribution in [-0.4, -0.2) is 28.3 Å². The van der Waals surface area contributed by atoms with Crippen LogP contribution in [0.3, 0.4) is 0 Å². The highest BCUT2D eigenvalue weighted by atomic mass is 16.2. The molecule has 0 bridgehead atoms. The number of hydrogen-bond acceptors (Lipinski definition) is 5. The summed E-state index contributed by atoms with van der Waals surface area (Å²) in [5.74, 6) is -0.635. The minimum absolute atomic E-state index is 0.0849. The van der Waals surface area contributed by atoms with Crippen molar-refractivity contribution in [3.63, 3.8) is 0 Å². The molecule has 0 aliphatic carbocycles. The average Bonchev–Trinajstić information content (AvgIpc) is 2.77. The van der Waals surface area contributed by atoms with Crippen LogP contribution in [0.2, 0.25) is 0 Å². The van der Waals surface area contributed by atoms with Crippen molar-refractivity contribution >= 4 is 22.7 Å². The summed E-state index contributed by atoms with van der Waals surface area (Å²) in [4.78, 5) is 32.7. The van der Waals surface area contributed by atoms with E-state index < -0.39 is 11.9 Å². The Balaban J connectivity index is 1.72. The van der Waals surface area contributed by atoms with Gasteiger partial charge < -0.3 is 11.1 Å². The van der Waals surface area contributed by atoms with Crippen LogP contribution in [0.4, 0.5) is 0 Å². The zero-order chi connectivity index (χ0) is 21.3. The molecule has 0 saturated carbocycles. The summed E-state index contributed by atoms with van der Waals surface area (Å²) < 4.78 is 0. The summed E-state index contributed by atoms with van der Waals surface area (Å²) in [6.07, 6.45) is 4.84. The van der Waals surface area contributed by atoms with E-state index in [1.807, 2.05) is 42.5 Å². The lowest BCUT2D eigenvalue weighted by atomic mass is 10.1. The van der Waals surface area contributed by atoms with E-state index in [1.54, 1.807) is 12.3 Å². The topological polar surface area (TPSA) is 110 Å². The van der Waals surface area contributed by atoms with Gasteiger partial charge in [0, 0.05) is 24.7 Å². The van der Waals surface area contributed by atoms with Crippen molar-refractivity contribution < 1.29 is 9.59 Å². The van der Waals surface area contributed by atoms with Crippen LogP contribution in [0.1, 0.15) is 54.0 Å². The van der Waals surface area contributed by atoms with Gasteiger partial charge in [0.15, 0.2) is 0 Å². The SMILES string of the molecule is CCCCCNC(=O)C(NCc1ccc2nc(C(N)=O)ccc2c1)c1ccccn1. The van der Waals surface area contributed by atoms with Crippen molar-refractivity contribution in [2.75, 3.05) is 6.54 Å². The standard InChI is InChI=1S/C23H27N5O2/c1-2-3-5-13-26-23(30)21(19-7-4-6-12-25-19)27-15-16-8-10-18-17(14-16)9-11-20(28-18)22(24)29/h4,6-12,14,21,27H,2-3,5,13,15H2,1H3,(H2,24,29)(H,26,30). The predicted molar refractivity (Wildman–Crippen MR) is 117 cm³/mol. The van der Waals surface area contributed by atoms with Gasteiger partial charge in [0.25, 0.3) is 5.91 Å². The van der Waals surface area contributed by atoms with Crippen LogP contribution >= 0.6 is 0 Å². The van der Waals surface area contributed by atoms with Gasteiger partial charge in [0.05, 0.1) is 11.2 Å². The number of carbonyl (C=O) groups is 2. The molecular weight excluding hydrogens is 378 g/mol. The zero-order valence-electron chi connectivity index (χ0n) is 17.1. The fourth-order valence-corrected chi connectivity index (χ4v) is 3.21. The lowest BCUT2D eigenvalue weighted by Gasteiger charge is -2.18. The summed E-state index contributed by atoms with van der Waals surface area (Å²) in [6.45, 7) is 3.27. The van der Waals surface area contributed by atoms with Crippen molar-refractivity contribution in [3.8, 4) is 0 Å². The summed E-state index contributed by atoms with van der Waals surface area (Å²) in [7, 11) is 0. The number of nitrogens with two attached hydrogens (primary N) is 1. The molecule has 0 aliphatic heterocycles. The van der Waals surface area contributed by atoms with Gasteiger partial charge in [-0.2, -0.15) is 0 Å². The molecule has 0 fully saturated rings. The Morgan fingerprint density at radius 3 is 2.70 bits per heavy atom. The van der Waals surface area contributed by atoms with Crippen LogP contribution in [-0.2, 0) is 11.3 Å². The highest BCUT2D eigenvalue weighted by Gasteiger charge is 2.21. The highest BCUT2D eigenvalue weighted by molar-refractivity contribution is 5.93. The van der Waals surface area contributed by atoms with E-state index in [9.17, 15) is 9.59 Å². The molecule has 0 spiro atoms. The van der Waals surface area contributed by atoms with E-state index in [0.717, 1.165) is 30.2 Å². The molecule has 7 nitrogen and oxygen atoms in total. The number of aromatic nitrogens is 2. The monoisotopic (exact) mass is 405 g/mol. The summed E-state index contributed by atoms with van der Waals surface area (Å²) in [5, 5.41) is 7.22. The van der Waals surface area contributed by atoms with E-state index in [1.165, 1.54) is 0 Å². The number of pyridine rings is 2. The van der Waals surface area contributed by atoms with Gasteiger partial charge >= 0.3 is 0 Å². The maximum atomic E-state index is 12.8. The Bertz CT molecular complexity index is 1010. The number of carbonyl (C=O) groups excluding carboxylic acids is 2. The second-order valence-corrected chi connectivity index (χ2v) is 7.15. The third-order valence-corrected chi connectivity index (χ3v) is 4.84. The predicted octanol–water partition coefficient (Wildman–Crippen LogP) is 2.87. The minimum Gasteiger partial charge on any atom is -0.364 e. The Morgan fingerprint density at radius 1 is 1.10 bits per heavy atom. The molecule has 1 unspecified atom stereocenters. The smallest absolute Gasteiger partial charge is 0.267 e. The molecular formula is C23H27N5O2. The Hall–Kier alpha value is -3.32. The number of amides is 2. The van der Waals surface area contributed by atoms with Gasteiger partial charge in [0.2, 0.25) is 5.91 Å². The van der Waals surface area contributed by atoms with E-state index in [4.69, 9.17) is 5.73 Å². The molecule has 1 atom stereocenters. The molecule has 2 heterocycles. The quantitative estimate of drug-likeness (QED) is 0.449. The molecule has 2 aromatic heterocycles. The first-order chi connectivity index (χ1) is 14.6. The normalized spacial score (nSPS) is 11.9.